The molecule has 2 aromatic rings. The lowest BCUT2D eigenvalue weighted by atomic mass is 9.97. The van der Waals surface area contributed by atoms with Gasteiger partial charge in [0, 0.05) is 0 Å². The Labute approximate surface area is 126 Å². The summed E-state index contributed by atoms with van der Waals surface area (Å²) in [4.78, 5) is 25.9. The van der Waals surface area contributed by atoms with Gasteiger partial charge in [-0.2, -0.15) is 4.37 Å². The fourth-order valence-corrected chi connectivity index (χ4v) is 3.21. The molecule has 3 amide bonds. The van der Waals surface area contributed by atoms with Gasteiger partial charge in [0.05, 0.1) is 5.69 Å². The second-order valence-electron chi connectivity index (χ2n) is 5.15. The number of imide groups is 1. The maximum absolute atomic E-state index is 12.6. The zero-order valence-electron chi connectivity index (χ0n) is 12.0. The van der Waals surface area contributed by atoms with Crippen molar-refractivity contribution < 1.29 is 9.59 Å². The Kier molecular flexibility index (Phi) is 3.25. The van der Waals surface area contributed by atoms with Gasteiger partial charge >= 0.3 is 6.03 Å². The average molecular weight is 301 g/mol. The van der Waals surface area contributed by atoms with Crippen LogP contribution in [0.25, 0.3) is 0 Å². The van der Waals surface area contributed by atoms with E-state index in [2.05, 4.69) is 9.69 Å². The molecular weight excluding hydrogens is 286 g/mol. The van der Waals surface area contributed by atoms with Gasteiger partial charge in [-0.3, -0.25) is 4.79 Å². The lowest BCUT2D eigenvalue weighted by Gasteiger charge is -2.13. The molecule has 5 nitrogen and oxygen atoms in total. The number of nitrogens with zero attached hydrogens (tertiary/aromatic N) is 2. The number of anilines is 1. The van der Waals surface area contributed by atoms with E-state index in [9.17, 15) is 9.59 Å². The average Bonchev–Trinajstić information content (AvgIpc) is 2.97. The summed E-state index contributed by atoms with van der Waals surface area (Å²) in [5.74, 6) is -0.252. The largest absolute Gasteiger partial charge is 0.330 e. The van der Waals surface area contributed by atoms with Crippen molar-refractivity contribution >= 4 is 28.5 Å². The molecule has 1 aliphatic heterocycles. The molecule has 3 rings (SSSR count). The summed E-state index contributed by atoms with van der Waals surface area (Å²) in [5, 5.41) is 3.32. The van der Waals surface area contributed by atoms with Crippen LogP contribution in [-0.4, -0.2) is 16.3 Å². The first kappa shape index (κ1) is 13.8. The number of rotatable bonds is 2. The Morgan fingerprint density at radius 2 is 2.00 bits per heavy atom. The molecule has 1 saturated heterocycles. The predicted octanol–water partition coefficient (Wildman–Crippen LogP) is 2.87. The van der Waals surface area contributed by atoms with Gasteiger partial charge in [0.25, 0.3) is 5.91 Å². The molecule has 1 aliphatic rings. The Morgan fingerprint density at radius 3 is 2.67 bits per heavy atom. The second-order valence-corrected chi connectivity index (χ2v) is 5.94. The number of aryl methyl sites for hydroxylation is 2. The molecule has 6 heteroatoms. The molecule has 2 heterocycles. The fourth-order valence-electron chi connectivity index (χ4n) is 2.44. The lowest BCUT2D eigenvalue weighted by Crippen LogP contribution is -2.29. The van der Waals surface area contributed by atoms with Gasteiger partial charge in [0.15, 0.2) is 0 Å². The lowest BCUT2D eigenvalue weighted by molar-refractivity contribution is -0.118. The molecule has 108 valence electrons. The highest BCUT2D eigenvalue weighted by Gasteiger charge is 2.41. The third-order valence-electron chi connectivity index (χ3n) is 3.73. The van der Waals surface area contributed by atoms with Crippen LogP contribution >= 0.6 is 11.5 Å². The van der Waals surface area contributed by atoms with Crippen molar-refractivity contribution in [2.45, 2.75) is 26.8 Å². The highest BCUT2D eigenvalue weighted by molar-refractivity contribution is 7.10. The minimum absolute atomic E-state index is 0.252. The first-order valence-corrected chi connectivity index (χ1v) is 7.40. The van der Waals surface area contributed by atoms with Gasteiger partial charge in [0.2, 0.25) is 0 Å². The molecule has 1 N–H and O–H groups in total. The monoisotopic (exact) mass is 301 g/mol. The number of urea groups is 1. The number of nitrogens with one attached hydrogen (secondary N) is 1. The number of hydrogen-bond donors (Lipinski definition) is 1. The molecule has 1 aromatic carbocycles. The summed E-state index contributed by atoms with van der Waals surface area (Å²) in [6, 6.07) is 6.50. The molecule has 1 atom stereocenters. The topological polar surface area (TPSA) is 62.3 Å². The van der Waals surface area contributed by atoms with Crippen LogP contribution in [0.3, 0.4) is 0 Å². The van der Waals surface area contributed by atoms with E-state index in [-0.39, 0.29) is 5.91 Å². The highest BCUT2D eigenvalue weighted by Crippen LogP contribution is 2.31. The van der Waals surface area contributed by atoms with E-state index in [0.29, 0.717) is 5.00 Å². The summed E-state index contributed by atoms with van der Waals surface area (Å²) >= 11 is 1.15. The number of hydrogen-bond acceptors (Lipinski definition) is 4. The van der Waals surface area contributed by atoms with Crippen LogP contribution in [-0.2, 0) is 4.79 Å². The number of carbonyl (C=O) groups excluding carboxylic acids is 2. The first-order valence-electron chi connectivity index (χ1n) is 6.63. The van der Waals surface area contributed by atoms with Crippen LogP contribution in [0.2, 0.25) is 0 Å². The summed E-state index contributed by atoms with van der Waals surface area (Å²) in [7, 11) is 0. The molecule has 0 bridgehead atoms. The summed E-state index contributed by atoms with van der Waals surface area (Å²) < 4.78 is 4.13. The van der Waals surface area contributed by atoms with E-state index in [1.54, 1.807) is 6.07 Å². The van der Waals surface area contributed by atoms with Gasteiger partial charge in [-0.15, -0.1) is 0 Å². The van der Waals surface area contributed by atoms with E-state index in [1.807, 2.05) is 39.0 Å². The van der Waals surface area contributed by atoms with Crippen molar-refractivity contribution in [3.8, 4) is 0 Å². The van der Waals surface area contributed by atoms with E-state index < -0.39 is 12.1 Å². The van der Waals surface area contributed by atoms with Crippen molar-refractivity contribution in [3.63, 3.8) is 0 Å². The molecule has 0 radical (unpaired) electrons. The van der Waals surface area contributed by atoms with E-state index in [1.165, 1.54) is 4.90 Å². The summed E-state index contributed by atoms with van der Waals surface area (Å²) in [6.45, 7) is 5.79. The van der Waals surface area contributed by atoms with Gasteiger partial charge < -0.3 is 5.32 Å². The Morgan fingerprint density at radius 1 is 1.24 bits per heavy atom. The minimum atomic E-state index is -0.625. The number of aromatic nitrogens is 1. The van der Waals surface area contributed by atoms with Crippen molar-refractivity contribution in [1.82, 2.24) is 9.69 Å². The van der Waals surface area contributed by atoms with E-state index in [0.717, 1.165) is 33.9 Å². The Bertz CT molecular complexity index is 738. The van der Waals surface area contributed by atoms with Crippen molar-refractivity contribution in [3.05, 3.63) is 46.6 Å². The van der Waals surface area contributed by atoms with Crippen molar-refractivity contribution in [2.24, 2.45) is 0 Å². The fraction of sp³-hybridized carbons (Fsp3) is 0.267. The molecule has 1 fully saturated rings. The highest BCUT2D eigenvalue weighted by atomic mass is 32.1. The van der Waals surface area contributed by atoms with Crippen LogP contribution in [0, 0.1) is 20.8 Å². The molecule has 0 aliphatic carbocycles. The first-order chi connectivity index (χ1) is 9.99. The smallest absolute Gasteiger partial charge is 0.321 e. The number of benzene rings is 1. The number of amides is 3. The predicted molar refractivity (Wildman–Crippen MR) is 81.5 cm³/mol. The second kappa shape index (κ2) is 4.96. The zero-order valence-corrected chi connectivity index (χ0v) is 12.8. The Balaban J connectivity index is 1.99. The summed E-state index contributed by atoms with van der Waals surface area (Å²) in [6.07, 6.45) is 0. The van der Waals surface area contributed by atoms with Crippen LogP contribution in [0.15, 0.2) is 24.3 Å². The summed E-state index contributed by atoms with van der Waals surface area (Å²) in [5.41, 5.74) is 3.77. The normalized spacial score (nSPS) is 18.2. The molecule has 1 unspecified atom stereocenters. The zero-order chi connectivity index (χ0) is 15.1. The Hall–Kier alpha value is -2.21. The van der Waals surface area contributed by atoms with Gasteiger partial charge in [0.1, 0.15) is 11.0 Å². The van der Waals surface area contributed by atoms with Crippen LogP contribution in [0.1, 0.15) is 28.4 Å². The van der Waals surface area contributed by atoms with E-state index >= 15 is 0 Å². The molecule has 21 heavy (non-hydrogen) atoms. The molecule has 0 spiro atoms. The van der Waals surface area contributed by atoms with Crippen molar-refractivity contribution in [1.29, 1.82) is 0 Å². The van der Waals surface area contributed by atoms with Gasteiger partial charge in [-0.25, -0.2) is 9.69 Å². The standard InChI is InChI=1S/C15H15N3O2S/c1-8-5-4-6-11(10(8)3)13-14(19)18(15(20)16-13)12-7-9(2)17-21-12/h4-7,13H,1-3H3,(H,16,20). The molecule has 0 saturated carbocycles. The third kappa shape index (κ3) is 2.21. The van der Waals surface area contributed by atoms with E-state index in [4.69, 9.17) is 0 Å². The van der Waals surface area contributed by atoms with Crippen LogP contribution < -0.4 is 10.2 Å². The SMILES string of the molecule is Cc1cc(N2C(=O)NC(c3cccc(C)c3C)C2=O)sn1. The van der Waals surface area contributed by atoms with Gasteiger partial charge in [-0.1, -0.05) is 18.2 Å². The molecule has 1 aromatic heterocycles. The van der Waals surface area contributed by atoms with Gasteiger partial charge in [-0.05, 0) is 55.1 Å². The van der Waals surface area contributed by atoms with Crippen molar-refractivity contribution in [2.75, 3.05) is 4.90 Å². The third-order valence-corrected chi connectivity index (χ3v) is 4.60. The number of carbonyl (C=O) groups is 2. The minimum Gasteiger partial charge on any atom is -0.321 e. The quantitative estimate of drug-likeness (QED) is 0.868. The van der Waals surface area contributed by atoms with Crippen LogP contribution in [0.5, 0.6) is 0 Å². The maximum Gasteiger partial charge on any atom is 0.330 e. The maximum atomic E-state index is 12.6. The van der Waals surface area contributed by atoms with Crippen LogP contribution in [0.4, 0.5) is 9.80 Å². The molecular formula is C15H15N3O2S.